The van der Waals surface area contributed by atoms with Gasteiger partial charge in [-0.05, 0) is 52.9 Å². The second-order valence-corrected chi connectivity index (χ2v) is 6.75. The molecule has 1 unspecified atom stereocenters. The van der Waals surface area contributed by atoms with E-state index >= 15 is 0 Å². The lowest BCUT2D eigenvalue weighted by Crippen LogP contribution is -1.99. The Morgan fingerprint density at radius 1 is 1.00 bits per heavy atom. The van der Waals surface area contributed by atoms with Crippen molar-refractivity contribution in [3.8, 4) is 0 Å². The Balaban J connectivity index is 1.94. The number of hydrogen-bond donors (Lipinski definition) is 0. The molecule has 0 aromatic heterocycles. The summed E-state index contributed by atoms with van der Waals surface area (Å²) in [5.74, 6) is 0. The molecule has 3 rings (SSSR count). The predicted octanol–water partition coefficient (Wildman–Crippen LogP) is 6.43. The fourth-order valence-corrected chi connectivity index (χ4v) is 3.65. The molecule has 3 aromatic rings. The van der Waals surface area contributed by atoms with E-state index < -0.39 is 0 Å². The summed E-state index contributed by atoms with van der Waals surface area (Å²) in [6, 6.07) is 21.2. The molecule has 0 aliphatic rings. The number of rotatable bonds is 3. The summed E-state index contributed by atoms with van der Waals surface area (Å²) in [4.78, 5) is 0. The van der Waals surface area contributed by atoms with Crippen LogP contribution in [0.2, 0.25) is 0 Å². The molecule has 0 N–H and O–H groups in total. The molecule has 0 radical (unpaired) electrons. The monoisotopic (exact) mass is 358 g/mol. The highest BCUT2D eigenvalue weighted by molar-refractivity contribution is 9.10. The number of halogens is 2. The first-order chi connectivity index (χ1) is 10.1. The Kier molecular flexibility index (Phi) is 4.32. The van der Waals surface area contributed by atoms with Crippen LogP contribution >= 0.6 is 27.5 Å². The zero-order chi connectivity index (χ0) is 14.8. The van der Waals surface area contributed by atoms with Gasteiger partial charge >= 0.3 is 0 Å². The molecule has 0 fully saturated rings. The van der Waals surface area contributed by atoms with Gasteiger partial charge in [0.25, 0.3) is 0 Å². The molecule has 106 valence electrons. The van der Waals surface area contributed by atoms with Gasteiger partial charge in [0, 0.05) is 4.47 Å². The molecule has 0 bridgehead atoms. The van der Waals surface area contributed by atoms with E-state index in [1.165, 1.54) is 27.5 Å². The molecule has 0 nitrogen and oxygen atoms in total. The van der Waals surface area contributed by atoms with E-state index in [-0.39, 0.29) is 5.38 Å². The molecule has 0 spiro atoms. The molecule has 3 aromatic carbocycles. The maximum Gasteiger partial charge on any atom is 0.0628 e. The van der Waals surface area contributed by atoms with Crippen molar-refractivity contribution in [2.75, 3.05) is 0 Å². The topological polar surface area (TPSA) is 0 Å². The number of hydrogen-bond acceptors (Lipinski definition) is 0. The second kappa shape index (κ2) is 6.21. The summed E-state index contributed by atoms with van der Waals surface area (Å²) < 4.78 is 1.10. The molecule has 0 saturated carbocycles. The first-order valence-corrected chi connectivity index (χ1v) is 8.25. The highest BCUT2D eigenvalue weighted by Crippen LogP contribution is 2.31. The van der Waals surface area contributed by atoms with Gasteiger partial charge in [-0.15, -0.1) is 11.6 Å². The Morgan fingerprint density at radius 3 is 2.57 bits per heavy atom. The van der Waals surface area contributed by atoms with E-state index in [0.717, 1.165) is 10.9 Å². The first-order valence-electron chi connectivity index (χ1n) is 7.02. The van der Waals surface area contributed by atoms with Gasteiger partial charge in [0.1, 0.15) is 0 Å². The zero-order valence-corrected chi connectivity index (χ0v) is 14.2. The zero-order valence-electron chi connectivity index (χ0n) is 11.8. The van der Waals surface area contributed by atoms with Crippen LogP contribution in [0, 0.1) is 6.92 Å². The van der Waals surface area contributed by atoms with Crippen molar-refractivity contribution in [1.29, 1.82) is 0 Å². The lowest BCUT2D eigenvalue weighted by atomic mass is 9.96. The molecule has 0 saturated heterocycles. The van der Waals surface area contributed by atoms with Crippen molar-refractivity contribution in [1.82, 2.24) is 0 Å². The summed E-state index contributed by atoms with van der Waals surface area (Å²) in [5.41, 5.74) is 3.73. The normalized spacial score (nSPS) is 12.5. The third kappa shape index (κ3) is 3.14. The summed E-state index contributed by atoms with van der Waals surface area (Å²) in [6.45, 7) is 2.11. The average molecular weight is 360 g/mol. The first kappa shape index (κ1) is 14.6. The van der Waals surface area contributed by atoms with Gasteiger partial charge in [-0.2, -0.15) is 0 Å². The molecule has 0 aliphatic carbocycles. The van der Waals surface area contributed by atoms with Crippen LogP contribution in [0.3, 0.4) is 0 Å². The highest BCUT2D eigenvalue weighted by atomic mass is 79.9. The summed E-state index contributed by atoms with van der Waals surface area (Å²) in [7, 11) is 0. The lowest BCUT2D eigenvalue weighted by Gasteiger charge is -2.15. The summed E-state index contributed by atoms with van der Waals surface area (Å²) >= 11 is 10.2. The van der Waals surface area contributed by atoms with Gasteiger partial charge in [-0.1, -0.05) is 64.5 Å². The molecular weight excluding hydrogens is 344 g/mol. The van der Waals surface area contributed by atoms with Crippen LogP contribution in [0.15, 0.2) is 65.1 Å². The largest absolute Gasteiger partial charge is 0.117 e. The van der Waals surface area contributed by atoms with Gasteiger partial charge < -0.3 is 0 Å². The van der Waals surface area contributed by atoms with Gasteiger partial charge in [-0.3, -0.25) is 0 Å². The van der Waals surface area contributed by atoms with E-state index in [9.17, 15) is 0 Å². The summed E-state index contributed by atoms with van der Waals surface area (Å²) in [5, 5.41) is 2.55. The Morgan fingerprint density at radius 2 is 1.76 bits per heavy atom. The number of aryl methyl sites for hydroxylation is 1. The van der Waals surface area contributed by atoms with Crippen LogP contribution in [-0.2, 0) is 6.42 Å². The van der Waals surface area contributed by atoms with Gasteiger partial charge in [0.15, 0.2) is 0 Å². The van der Waals surface area contributed by atoms with E-state index in [1.54, 1.807) is 0 Å². The Bertz CT molecular complexity index is 774. The standard InChI is InChI=1S/C19H16BrCl/c1-13-11-16(20)9-10-17(13)19(21)12-15-7-4-6-14-5-2-3-8-18(14)15/h2-11,19H,12H2,1H3. The fourth-order valence-electron chi connectivity index (χ4n) is 2.76. The van der Waals surface area contributed by atoms with E-state index in [4.69, 9.17) is 11.6 Å². The van der Waals surface area contributed by atoms with Crippen molar-refractivity contribution in [2.45, 2.75) is 18.7 Å². The van der Waals surface area contributed by atoms with Crippen molar-refractivity contribution in [2.24, 2.45) is 0 Å². The molecule has 0 heterocycles. The maximum atomic E-state index is 6.68. The van der Waals surface area contributed by atoms with Gasteiger partial charge in [-0.25, -0.2) is 0 Å². The third-order valence-electron chi connectivity index (χ3n) is 3.85. The van der Waals surface area contributed by atoms with Gasteiger partial charge in [0.2, 0.25) is 0 Å². The quantitative estimate of drug-likeness (QED) is 0.472. The highest BCUT2D eigenvalue weighted by Gasteiger charge is 2.13. The van der Waals surface area contributed by atoms with Crippen LogP contribution in [0.5, 0.6) is 0 Å². The maximum absolute atomic E-state index is 6.68. The van der Waals surface area contributed by atoms with Crippen LogP contribution < -0.4 is 0 Å². The minimum absolute atomic E-state index is 0.0103. The predicted molar refractivity (Wildman–Crippen MR) is 95.1 cm³/mol. The van der Waals surface area contributed by atoms with E-state index in [0.29, 0.717) is 0 Å². The van der Waals surface area contributed by atoms with Crippen molar-refractivity contribution >= 4 is 38.3 Å². The van der Waals surface area contributed by atoms with E-state index in [1.807, 2.05) is 0 Å². The second-order valence-electron chi connectivity index (χ2n) is 5.31. The Hall–Kier alpha value is -1.31. The summed E-state index contributed by atoms with van der Waals surface area (Å²) in [6.07, 6.45) is 0.839. The molecule has 0 amide bonds. The van der Waals surface area contributed by atoms with Crippen LogP contribution in [-0.4, -0.2) is 0 Å². The number of benzene rings is 3. The van der Waals surface area contributed by atoms with Crippen LogP contribution in [0.1, 0.15) is 22.1 Å². The number of alkyl halides is 1. The van der Waals surface area contributed by atoms with Crippen molar-refractivity contribution in [3.63, 3.8) is 0 Å². The van der Waals surface area contributed by atoms with Crippen LogP contribution in [0.4, 0.5) is 0 Å². The minimum atomic E-state index is -0.0103. The third-order valence-corrected chi connectivity index (χ3v) is 4.73. The lowest BCUT2D eigenvalue weighted by molar-refractivity contribution is 0.916. The molecule has 21 heavy (non-hydrogen) atoms. The van der Waals surface area contributed by atoms with Gasteiger partial charge in [0.05, 0.1) is 5.38 Å². The average Bonchev–Trinajstić information content (AvgIpc) is 2.47. The van der Waals surface area contributed by atoms with Crippen molar-refractivity contribution in [3.05, 3.63) is 81.8 Å². The molecule has 0 aliphatic heterocycles. The number of fused-ring (bicyclic) bond motifs is 1. The SMILES string of the molecule is Cc1cc(Br)ccc1C(Cl)Cc1cccc2ccccc12. The minimum Gasteiger partial charge on any atom is -0.117 e. The molecular formula is C19H16BrCl. The van der Waals surface area contributed by atoms with Crippen molar-refractivity contribution < 1.29 is 0 Å². The fraction of sp³-hybridized carbons (Fsp3) is 0.158. The molecule has 2 heteroatoms. The smallest absolute Gasteiger partial charge is 0.0628 e. The molecule has 1 atom stereocenters. The Labute approximate surface area is 138 Å². The van der Waals surface area contributed by atoms with E-state index in [2.05, 4.69) is 83.5 Å². The van der Waals surface area contributed by atoms with Crippen LogP contribution in [0.25, 0.3) is 10.8 Å².